The molecule has 0 bridgehead atoms. The zero-order chi connectivity index (χ0) is 10.1. The molecular formula is C10H19N3O. The average molecular weight is 197 g/mol. The third-order valence-corrected chi connectivity index (χ3v) is 3.37. The standard InChI is InChI=1S/C10H19N3O/c1-8-10(14)13(7-11-8)6-9-4-3-5-12(9)2/h8-9,11H,3-7H2,1-2H3. The molecule has 0 aliphatic carbocycles. The van der Waals surface area contributed by atoms with E-state index in [0.717, 1.165) is 13.2 Å². The molecule has 0 saturated carbocycles. The van der Waals surface area contributed by atoms with Crippen molar-refractivity contribution in [1.29, 1.82) is 0 Å². The number of nitrogens with zero attached hydrogens (tertiary/aromatic N) is 2. The first-order chi connectivity index (χ1) is 6.68. The van der Waals surface area contributed by atoms with E-state index in [1.54, 1.807) is 0 Å². The van der Waals surface area contributed by atoms with Crippen LogP contribution in [-0.4, -0.2) is 54.6 Å². The van der Waals surface area contributed by atoms with E-state index >= 15 is 0 Å². The van der Waals surface area contributed by atoms with Crippen LogP contribution in [-0.2, 0) is 4.79 Å². The normalized spacial score (nSPS) is 34.4. The Bertz CT molecular complexity index is 231. The van der Waals surface area contributed by atoms with Crippen LogP contribution in [0.25, 0.3) is 0 Å². The van der Waals surface area contributed by atoms with E-state index in [1.165, 1.54) is 19.4 Å². The Labute approximate surface area is 85.2 Å². The SMILES string of the molecule is CC1NCN(CC2CCCN2C)C1=O. The van der Waals surface area contributed by atoms with E-state index in [0.29, 0.717) is 6.04 Å². The highest BCUT2D eigenvalue weighted by Crippen LogP contribution is 2.17. The van der Waals surface area contributed by atoms with E-state index in [-0.39, 0.29) is 11.9 Å². The third kappa shape index (κ3) is 1.77. The van der Waals surface area contributed by atoms with Crippen molar-refractivity contribution in [2.75, 3.05) is 26.8 Å². The molecule has 2 aliphatic rings. The minimum Gasteiger partial charge on any atom is -0.327 e. The molecule has 1 amide bonds. The van der Waals surface area contributed by atoms with Gasteiger partial charge in [-0.2, -0.15) is 0 Å². The van der Waals surface area contributed by atoms with Gasteiger partial charge in [0.05, 0.1) is 12.7 Å². The Morgan fingerprint density at radius 1 is 1.57 bits per heavy atom. The summed E-state index contributed by atoms with van der Waals surface area (Å²) >= 11 is 0. The molecule has 2 atom stereocenters. The van der Waals surface area contributed by atoms with Crippen LogP contribution in [0, 0.1) is 0 Å². The van der Waals surface area contributed by atoms with Gasteiger partial charge in [0.1, 0.15) is 0 Å². The fraction of sp³-hybridized carbons (Fsp3) is 0.900. The number of likely N-dealkylation sites (N-methyl/N-ethyl adjacent to an activating group) is 1. The predicted molar refractivity (Wildman–Crippen MR) is 54.8 cm³/mol. The second-order valence-corrected chi connectivity index (χ2v) is 4.42. The highest BCUT2D eigenvalue weighted by atomic mass is 16.2. The van der Waals surface area contributed by atoms with Crippen LogP contribution in [0.15, 0.2) is 0 Å². The maximum atomic E-state index is 11.6. The topological polar surface area (TPSA) is 35.6 Å². The monoisotopic (exact) mass is 197 g/mol. The molecule has 2 aliphatic heterocycles. The summed E-state index contributed by atoms with van der Waals surface area (Å²) in [5.41, 5.74) is 0. The predicted octanol–water partition coefficient (Wildman–Crippen LogP) is -0.142. The molecule has 0 radical (unpaired) electrons. The summed E-state index contributed by atoms with van der Waals surface area (Å²) in [5.74, 6) is 0.255. The van der Waals surface area contributed by atoms with E-state index in [2.05, 4.69) is 17.3 Å². The van der Waals surface area contributed by atoms with E-state index in [9.17, 15) is 4.79 Å². The summed E-state index contributed by atoms with van der Waals surface area (Å²) in [5, 5.41) is 3.17. The molecule has 0 aromatic rings. The van der Waals surface area contributed by atoms with Crippen LogP contribution in [0.4, 0.5) is 0 Å². The lowest BCUT2D eigenvalue weighted by atomic mass is 10.2. The summed E-state index contributed by atoms with van der Waals surface area (Å²) in [6.07, 6.45) is 2.50. The summed E-state index contributed by atoms with van der Waals surface area (Å²) < 4.78 is 0. The van der Waals surface area contributed by atoms with Gasteiger partial charge < -0.3 is 9.80 Å². The Balaban J connectivity index is 1.88. The fourth-order valence-corrected chi connectivity index (χ4v) is 2.31. The summed E-state index contributed by atoms with van der Waals surface area (Å²) in [6.45, 7) is 4.73. The molecule has 0 spiro atoms. The quantitative estimate of drug-likeness (QED) is 0.669. The van der Waals surface area contributed by atoms with Crippen molar-refractivity contribution in [2.24, 2.45) is 0 Å². The number of amides is 1. The van der Waals surface area contributed by atoms with Crippen LogP contribution in [0.2, 0.25) is 0 Å². The van der Waals surface area contributed by atoms with Gasteiger partial charge in [0, 0.05) is 12.6 Å². The largest absolute Gasteiger partial charge is 0.327 e. The molecule has 2 fully saturated rings. The highest BCUT2D eigenvalue weighted by Gasteiger charge is 2.31. The Kier molecular flexibility index (Phi) is 2.74. The van der Waals surface area contributed by atoms with Gasteiger partial charge in [0.25, 0.3) is 0 Å². The molecule has 2 rings (SSSR count). The van der Waals surface area contributed by atoms with Gasteiger partial charge in [-0.25, -0.2) is 0 Å². The molecule has 2 heterocycles. The molecule has 1 N–H and O–H groups in total. The molecule has 2 saturated heterocycles. The Hall–Kier alpha value is -0.610. The van der Waals surface area contributed by atoms with Gasteiger partial charge in [0.15, 0.2) is 0 Å². The molecule has 14 heavy (non-hydrogen) atoms. The molecule has 4 nitrogen and oxygen atoms in total. The number of carbonyl (C=O) groups excluding carboxylic acids is 1. The minimum atomic E-state index is 0.0155. The van der Waals surface area contributed by atoms with Crippen LogP contribution in [0.3, 0.4) is 0 Å². The van der Waals surface area contributed by atoms with Crippen molar-refractivity contribution in [1.82, 2.24) is 15.1 Å². The third-order valence-electron chi connectivity index (χ3n) is 3.37. The summed E-state index contributed by atoms with van der Waals surface area (Å²) in [4.78, 5) is 15.9. The zero-order valence-electron chi connectivity index (χ0n) is 8.99. The van der Waals surface area contributed by atoms with Crippen molar-refractivity contribution in [3.8, 4) is 0 Å². The maximum Gasteiger partial charge on any atom is 0.240 e. The molecule has 0 aromatic heterocycles. The number of rotatable bonds is 2. The maximum absolute atomic E-state index is 11.6. The molecule has 2 unspecified atom stereocenters. The van der Waals surface area contributed by atoms with Gasteiger partial charge in [-0.1, -0.05) is 0 Å². The van der Waals surface area contributed by atoms with Crippen LogP contribution < -0.4 is 5.32 Å². The van der Waals surface area contributed by atoms with Crippen LogP contribution in [0.5, 0.6) is 0 Å². The van der Waals surface area contributed by atoms with Gasteiger partial charge in [-0.3, -0.25) is 10.1 Å². The van der Waals surface area contributed by atoms with E-state index < -0.39 is 0 Å². The minimum absolute atomic E-state index is 0.0155. The lowest BCUT2D eigenvalue weighted by Crippen LogP contribution is -2.40. The van der Waals surface area contributed by atoms with Gasteiger partial charge >= 0.3 is 0 Å². The van der Waals surface area contributed by atoms with Crippen LogP contribution >= 0.6 is 0 Å². The van der Waals surface area contributed by atoms with Gasteiger partial charge in [-0.05, 0) is 33.4 Å². The Morgan fingerprint density at radius 3 is 2.86 bits per heavy atom. The first-order valence-corrected chi connectivity index (χ1v) is 5.41. The van der Waals surface area contributed by atoms with Crippen molar-refractivity contribution in [2.45, 2.75) is 31.8 Å². The number of nitrogens with one attached hydrogen (secondary N) is 1. The van der Waals surface area contributed by atoms with Crippen molar-refractivity contribution in [3.63, 3.8) is 0 Å². The van der Waals surface area contributed by atoms with Gasteiger partial charge in [-0.15, -0.1) is 0 Å². The molecule has 80 valence electrons. The van der Waals surface area contributed by atoms with E-state index in [4.69, 9.17) is 0 Å². The molecule has 4 heteroatoms. The average Bonchev–Trinajstić information content (AvgIpc) is 2.68. The first-order valence-electron chi connectivity index (χ1n) is 5.41. The lowest BCUT2D eigenvalue weighted by Gasteiger charge is -2.25. The second kappa shape index (κ2) is 3.87. The van der Waals surface area contributed by atoms with Crippen molar-refractivity contribution >= 4 is 5.91 Å². The lowest BCUT2D eigenvalue weighted by molar-refractivity contribution is -0.129. The number of likely N-dealkylation sites (tertiary alicyclic amines) is 1. The first kappa shape index (κ1) is 9.93. The summed E-state index contributed by atoms with van der Waals surface area (Å²) in [6, 6.07) is 0.591. The Morgan fingerprint density at radius 2 is 2.36 bits per heavy atom. The van der Waals surface area contributed by atoms with Crippen molar-refractivity contribution in [3.05, 3.63) is 0 Å². The zero-order valence-corrected chi connectivity index (χ0v) is 8.99. The number of carbonyl (C=O) groups is 1. The smallest absolute Gasteiger partial charge is 0.240 e. The summed E-state index contributed by atoms with van der Waals surface area (Å²) in [7, 11) is 2.15. The van der Waals surface area contributed by atoms with Gasteiger partial charge in [0.2, 0.25) is 5.91 Å². The van der Waals surface area contributed by atoms with Crippen LogP contribution in [0.1, 0.15) is 19.8 Å². The number of hydrogen-bond donors (Lipinski definition) is 1. The second-order valence-electron chi connectivity index (χ2n) is 4.42. The fourth-order valence-electron chi connectivity index (χ4n) is 2.31. The highest BCUT2D eigenvalue weighted by molar-refractivity contribution is 5.83. The van der Waals surface area contributed by atoms with Crippen molar-refractivity contribution < 1.29 is 4.79 Å². The molecule has 0 aromatic carbocycles. The number of hydrogen-bond acceptors (Lipinski definition) is 3. The molecular weight excluding hydrogens is 178 g/mol. The van der Waals surface area contributed by atoms with E-state index in [1.807, 2.05) is 11.8 Å².